The number of likely N-dealkylation sites (tertiary alicyclic amines) is 1. The zero-order valence-corrected chi connectivity index (χ0v) is 15.2. The number of nitrogens with zero attached hydrogens (tertiary/aromatic N) is 1. The second kappa shape index (κ2) is 8.16. The number of carbonyl (C=O) groups excluding carboxylic acids is 1. The van der Waals surface area contributed by atoms with Gasteiger partial charge in [-0.1, -0.05) is 13.8 Å². The van der Waals surface area contributed by atoms with Crippen LogP contribution in [0.4, 0.5) is 4.79 Å². The molecular formula is C17H34N2O3. The average Bonchev–Trinajstić information content (AvgIpc) is 2.83. The van der Waals surface area contributed by atoms with Crippen LogP contribution < -0.4 is 5.32 Å². The SMILES string of the molecule is COCCC(C)(C)CNCC1CCCN1C(=O)OC(C)(C)C. The molecule has 0 aromatic carbocycles. The second-order valence-electron chi connectivity index (χ2n) is 8.01. The lowest BCUT2D eigenvalue weighted by atomic mass is 9.89. The molecule has 0 aromatic heterocycles. The minimum Gasteiger partial charge on any atom is -0.444 e. The zero-order chi connectivity index (χ0) is 16.8. The van der Waals surface area contributed by atoms with E-state index in [4.69, 9.17) is 9.47 Å². The molecule has 22 heavy (non-hydrogen) atoms. The van der Waals surface area contributed by atoms with Gasteiger partial charge in [-0.15, -0.1) is 0 Å². The topological polar surface area (TPSA) is 50.8 Å². The third-order valence-electron chi connectivity index (χ3n) is 3.97. The smallest absolute Gasteiger partial charge is 0.410 e. The summed E-state index contributed by atoms with van der Waals surface area (Å²) in [6.45, 7) is 13.5. The van der Waals surface area contributed by atoms with Crippen LogP contribution in [0, 0.1) is 5.41 Å². The largest absolute Gasteiger partial charge is 0.444 e. The Morgan fingerprint density at radius 3 is 2.55 bits per heavy atom. The first kappa shape index (κ1) is 19.2. The molecule has 130 valence electrons. The summed E-state index contributed by atoms with van der Waals surface area (Å²) in [6, 6.07) is 0.244. The predicted molar refractivity (Wildman–Crippen MR) is 89.1 cm³/mol. The van der Waals surface area contributed by atoms with E-state index < -0.39 is 5.60 Å². The number of hydrogen-bond acceptors (Lipinski definition) is 4. The van der Waals surface area contributed by atoms with E-state index >= 15 is 0 Å². The first-order valence-electron chi connectivity index (χ1n) is 8.34. The molecule has 1 aliphatic rings. The second-order valence-corrected chi connectivity index (χ2v) is 8.01. The summed E-state index contributed by atoms with van der Waals surface area (Å²) in [5.41, 5.74) is -0.231. The van der Waals surface area contributed by atoms with Crippen molar-refractivity contribution in [2.45, 2.75) is 65.5 Å². The zero-order valence-electron chi connectivity index (χ0n) is 15.2. The van der Waals surface area contributed by atoms with Crippen molar-refractivity contribution in [2.24, 2.45) is 5.41 Å². The van der Waals surface area contributed by atoms with Gasteiger partial charge in [-0.3, -0.25) is 0 Å². The predicted octanol–water partition coefficient (Wildman–Crippen LogP) is 3.04. The van der Waals surface area contributed by atoms with Crippen LogP contribution in [0.5, 0.6) is 0 Å². The van der Waals surface area contributed by atoms with Crippen molar-refractivity contribution in [3.8, 4) is 0 Å². The Bertz CT molecular complexity index is 350. The molecule has 5 nitrogen and oxygen atoms in total. The number of carbonyl (C=O) groups is 1. The van der Waals surface area contributed by atoms with Gasteiger partial charge in [0.15, 0.2) is 0 Å². The molecule has 1 rings (SSSR count). The van der Waals surface area contributed by atoms with Crippen LogP contribution in [0.3, 0.4) is 0 Å². The van der Waals surface area contributed by atoms with Crippen LogP contribution in [0.25, 0.3) is 0 Å². The fraction of sp³-hybridized carbons (Fsp3) is 0.941. The van der Waals surface area contributed by atoms with Crippen molar-refractivity contribution in [3.63, 3.8) is 0 Å². The van der Waals surface area contributed by atoms with E-state index in [0.29, 0.717) is 0 Å². The average molecular weight is 314 g/mol. The molecule has 1 aliphatic heterocycles. The first-order chi connectivity index (χ1) is 10.1. The van der Waals surface area contributed by atoms with E-state index in [9.17, 15) is 4.79 Å². The molecule has 0 bridgehead atoms. The lowest BCUT2D eigenvalue weighted by molar-refractivity contribution is 0.0225. The maximum Gasteiger partial charge on any atom is 0.410 e. The van der Waals surface area contributed by atoms with E-state index in [-0.39, 0.29) is 17.6 Å². The molecule has 1 heterocycles. The number of hydrogen-bond donors (Lipinski definition) is 1. The summed E-state index contributed by atoms with van der Waals surface area (Å²) in [5, 5.41) is 3.52. The number of ether oxygens (including phenoxy) is 2. The standard InChI is InChI=1S/C17H34N2O3/c1-16(2,3)22-15(20)19-10-7-8-14(19)12-18-13-17(4,5)9-11-21-6/h14,18H,7-13H2,1-6H3. The van der Waals surface area contributed by atoms with Gasteiger partial charge in [-0.05, 0) is 45.4 Å². The Labute approximate surface area is 135 Å². The van der Waals surface area contributed by atoms with E-state index in [2.05, 4.69) is 19.2 Å². The molecule has 0 spiro atoms. The van der Waals surface area contributed by atoms with Gasteiger partial charge in [0.05, 0.1) is 0 Å². The Morgan fingerprint density at radius 2 is 1.95 bits per heavy atom. The number of amides is 1. The van der Waals surface area contributed by atoms with Crippen LogP contribution in [0.2, 0.25) is 0 Å². The summed E-state index contributed by atoms with van der Waals surface area (Å²) in [4.78, 5) is 14.1. The van der Waals surface area contributed by atoms with Crippen molar-refractivity contribution < 1.29 is 14.3 Å². The minimum atomic E-state index is -0.431. The van der Waals surface area contributed by atoms with E-state index in [1.54, 1.807) is 7.11 Å². The van der Waals surface area contributed by atoms with Crippen LogP contribution >= 0.6 is 0 Å². The summed E-state index contributed by atoms with van der Waals surface area (Å²) in [7, 11) is 1.74. The molecule has 0 aliphatic carbocycles. The van der Waals surface area contributed by atoms with Crippen molar-refractivity contribution >= 4 is 6.09 Å². The first-order valence-corrected chi connectivity index (χ1v) is 8.34. The van der Waals surface area contributed by atoms with Gasteiger partial charge >= 0.3 is 6.09 Å². The summed E-state index contributed by atoms with van der Waals surface area (Å²) in [5.74, 6) is 0. The van der Waals surface area contributed by atoms with Gasteiger partial charge in [0.25, 0.3) is 0 Å². The fourth-order valence-corrected chi connectivity index (χ4v) is 2.65. The molecule has 1 unspecified atom stereocenters. The Kier molecular flexibility index (Phi) is 7.13. The Hall–Kier alpha value is -0.810. The molecule has 1 fully saturated rings. The quantitative estimate of drug-likeness (QED) is 0.785. The molecule has 1 atom stereocenters. The van der Waals surface area contributed by atoms with Gasteiger partial charge in [-0.25, -0.2) is 4.79 Å². The monoisotopic (exact) mass is 314 g/mol. The number of methoxy groups -OCH3 is 1. The van der Waals surface area contributed by atoms with Crippen LogP contribution in [-0.2, 0) is 9.47 Å². The van der Waals surface area contributed by atoms with Gasteiger partial charge < -0.3 is 19.7 Å². The molecule has 1 amide bonds. The highest BCUT2D eigenvalue weighted by Crippen LogP contribution is 2.22. The van der Waals surface area contributed by atoms with Crippen molar-refractivity contribution in [2.75, 3.05) is 33.4 Å². The Balaban J connectivity index is 2.40. The highest BCUT2D eigenvalue weighted by molar-refractivity contribution is 5.69. The van der Waals surface area contributed by atoms with E-state index in [1.165, 1.54) is 0 Å². The van der Waals surface area contributed by atoms with Gasteiger partial charge in [-0.2, -0.15) is 0 Å². The normalized spacial score (nSPS) is 19.5. The Morgan fingerprint density at radius 1 is 1.27 bits per heavy atom. The third-order valence-corrected chi connectivity index (χ3v) is 3.97. The number of nitrogens with one attached hydrogen (secondary N) is 1. The summed E-state index contributed by atoms with van der Waals surface area (Å²) >= 11 is 0. The van der Waals surface area contributed by atoms with E-state index in [1.807, 2.05) is 25.7 Å². The van der Waals surface area contributed by atoms with Crippen LogP contribution in [0.15, 0.2) is 0 Å². The van der Waals surface area contributed by atoms with Crippen LogP contribution in [0.1, 0.15) is 53.9 Å². The molecule has 0 radical (unpaired) electrons. The molecular weight excluding hydrogens is 280 g/mol. The number of rotatable bonds is 7. The lowest BCUT2D eigenvalue weighted by Crippen LogP contribution is -2.45. The maximum atomic E-state index is 12.2. The van der Waals surface area contributed by atoms with Crippen LogP contribution in [-0.4, -0.2) is 56.0 Å². The van der Waals surface area contributed by atoms with Crippen molar-refractivity contribution in [1.82, 2.24) is 10.2 Å². The van der Waals surface area contributed by atoms with E-state index in [0.717, 1.165) is 45.5 Å². The molecule has 1 saturated heterocycles. The lowest BCUT2D eigenvalue weighted by Gasteiger charge is -2.30. The summed E-state index contributed by atoms with van der Waals surface area (Å²) in [6.07, 6.45) is 2.94. The third kappa shape index (κ3) is 6.97. The highest BCUT2D eigenvalue weighted by Gasteiger charge is 2.32. The van der Waals surface area contributed by atoms with Gasteiger partial charge in [0, 0.05) is 39.4 Å². The molecule has 0 saturated carbocycles. The van der Waals surface area contributed by atoms with Crippen molar-refractivity contribution in [3.05, 3.63) is 0 Å². The summed E-state index contributed by atoms with van der Waals surface area (Å²) < 4.78 is 10.7. The highest BCUT2D eigenvalue weighted by atomic mass is 16.6. The van der Waals surface area contributed by atoms with Gasteiger partial charge in [0.1, 0.15) is 5.60 Å². The maximum absolute atomic E-state index is 12.2. The molecule has 0 aromatic rings. The minimum absolute atomic E-state index is 0.185. The fourth-order valence-electron chi connectivity index (χ4n) is 2.65. The van der Waals surface area contributed by atoms with Gasteiger partial charge in [0.2, 0.25) is 0 Å². The molecule has 5 heteroatoms. The molecule has 1 N–H and O–H groups in total. The van der Waals surface area contributed by atoms with Crippen molar-refractivity contribution in [1.29, 1.82) is 0 Å².